The summed E-state index contributed by atoms with van der Waals surface area (Å²) in [5.41, 5.74) is 6.06. The van der Waals surface area contributed by atoms with E-state index >= 15 is 0 Å². The van der Waals surface area contributed by atoms with Crippen molar-refractivity contribution in [3.05, 3.63) is 71.3 Å². The minimum absolute atomic E-state index is 0.299. The highest BCUT2D eigenvalue weighted by Crippen LogP contribution is 2.25. The van der Waals surface area contributed by atoms with Gasteiger partial charge in [0.15, 0.2) is 5.65 Å². The average molecular weight is 485 g/mol. The highest BCUT2D eigenvalue weighted by atomic mass is 16.5. The zero-order valence-corrected chi connectivity index (χ0v) is 20.6. The molecule has 0 spiro atoms. The van der Waals surface area contributed by atoms with Crippen LogP contribution in [-0.4, -0.2) is 52.3 Å². The number of aromatic amines is 1. The monoisotopic (exact) mass is 484 g/mol. The van der Waals surface area contributed by atoms with E-state index in [0.29, 0.717) is 30.2 Å². The second-order valence-corrected chi connectivity index (χ2v) is 8.62. The first-order chi connectivity index (χ1) is 17.6. The molecule has 5 aromatic rings. The van der Waals surface area contributed by atoms with Gasteiger partial charge < -0.3 is 13.9 Å². The van der Waals surface area contributed by atoms with Crippen molar-refractivity contribution in [2.75, 3.05) is 6.61 Å². The molecule has 0 atom stereocenters. The molecule has 0 unspecified atom stereocenters. The molecule has 0 bridgehead atoms. The highest BCUT2D eigenvalue weighted by Gasteiger charge is 2.19. The van der Waals surface area contributed by atoms with Crippen LogP contribution in [-0.2, 0) is 17.7 Å². The third-order valence-electron chi connectivity index (χ3n) is 6.13. The second-order valence-electron chi connectivity index (χ2n) is 8.62. The van der Waals surface area contributed by atoms with Gasteiger partial charge in [-0.15, -0.1) is 10.2 Å². The van der Waals surface area contributed by atoms with Crippen LogP contribution < -0.4 is 0 Å². The predicted octanol–water partition coefficient (Wildman–Crippen LogP) is 4.28. The zero-order valence-electron chi connectivity index (χ0n) is 20.6. The number of carbonyl (C=O) groups is 1. The van der Waals surface area contributed by atoms with Crippen molar-refractivity contribution in [2.45, 2.75) is 46.6 Å². The first-order valence-electron chi connectivity index (χ1n) is 12.1. The largest absolute Gasteiger partial charge is 0.462 e. The zero-order chi connectivity index (χ0) is 25.1. The second kappa shape index (κ2) is 10.1. The summed E-state index contributed by atoms with van der Waals surface area (Å²) in [7, 11) is 0. The van der Waals surface area contributed by atoms with Crippen molar-refractivity contribution in [3.8, 4) is 17.2 Å². The highest BCUT2D eigenvalue weighted by molar-refractivity contribution is 5.91. The summed E-state index contributed by atoms with van der Waals surface area (Å²) < 4.78 is 9.26. The first kappa shape index (κ1) is 23.4. The fourth-order valence-electron chi connectivity index (χ4n) is 4.26. The summed E-state index contributed by atoms with van der Waals surface area (Å²) in [5.74, 6) is 1.05. The Kier molecular flexibility index (Phi) is 6.57. The number of hydrogen-bond acceptors (Lipinski definition) is 7. The molecule has 10 heteroatoms. The van der Waals surface area contributed by atoms with E-state index in [1.54, 1.807) is 19.2 Å². The Labute approximate surface area is 208 Å². The molecule has 1 aromatic carbocycles. The van der Waals surface area contributed by atoms with Gasteiger partial charge in [0, 0.05) is 24.5 Å². The van der Waals surface area contributed by atoms with Crippen LogP contribution >= 0.6 is 0 Å². The minimum atomic E-state index is -0.396. The number of aryl methyl sites for hydroxylation is 2. The van der Waals surface area contributed by atoms with Gasteiger partial charge in [-0.1, -0.05) is 25.5 Å². The topological polar surface area (TPSA) is 116 Å². The fraction of sp³-hybridized carbons (Fsp3) is 0.308. The van der Waals surface area contributed by atoms with Crippen LogP contribution in [0.2, 0.25) is 0 Å². The van der Waals surface area contributed by atoms with Gasteiger partial charge in [-0.2, -0.15) is 5.21 Å². The Morgan fingerprint density at radius 1 is 1.14 bits per heavy atom. The van der Waals surface area contributed by atoms with Crippen LogP contribution in [0.3, 0.4) is 0 Å². The van der Waals surface area contributed by atoms with Gasteiger partial charge in [-0.25, -0.2) is 14.8 Å². The van der Waals surface area contributed by atoms with E-state index in [0.717, 1.165) is 53.1 Å². The molecule has 4 heterocycles. The number of esters is 1. The number of aromatic nitrogens is 8. The number of ether oxygens (including phenoxy) is 1. The van der Waals surface area contributed by atoms with E-state index in [9.17, 15) is 4.79 Å². The maximum Gasteiger partial charge on any atom is 0.339 e. The van der Waals surface area contributed by atoms with Crippen molar-refractivity contribution in [1.29, 1.82) is 0 Å². The Bertz CT molecular complexity index is 1480. The number of pyridine rings is 1. The normalized spacial score (nSPS) is 11.3. The summed E-state index contributed by atoms with van der Waals surface area (Å²) >= 11 is 0. The molecule has 0 radical (unpaired) electrons. The molecular formula is C26H28N8O2. The number of hydrogen-bond donors (Lipinski definition) is 1. The van der Waals surface area contributed by atoms with Crippen molar-refractivity contribution in [3.63, 3.8) is 0 Å². The fourth-order valence-corrected chi connectivity index (χ4v) is 4.26. The lowest BCUT2D eigenvalue weighted by atomic mass is 10.2. The van der Waals surface area contributed by atoms with Gasteiger partial charge in [-0.05, 0) is 60.9 Å². The SMILES string of the molecule is CCCCc1nc2c(C)ccnc2n1Cc1ccc(-n2cc(C(=O)OCC)cc2-c2nn[nH]n2)cc1. The summed E-state index contributed by atoms with van der Waals surface area (Å²) in [6, 6.07) is 11.9. The molecule has 0 aliphatic carbocycles. The minimum Gasteiger partial charge on any atom is -0.462 e. The lowest BCUT2D eigenvalue weighted by molar-refractivity contribution is 0.0526. The maximum absolute atomic E-state index is 12.4. The molecule has 5 rings (SSSR count). The van der Waals surface area contributed by atoms with Crippen molar-refractivity contribution in [1.82, 2.24) is 39.7 Å². The molecule has 36 heavy (non-hydrogen) atoms. The number of benzene rings is 1. The molecule has 184 valence electrons. The number of nitrogens with zero attached hydrogens (tertiary/aromatic N) is 7. The van der Waals surface area contributed by atoms with E-state index in [4.69, 9.17) is 9.72 Å². The quantitative estimate of drug-likeness (QED) is 0.310. The van der Waals surface area contributed by atoms with Crippen molar-refractivity contribution in [2.24, 2.45) is 0 Å². The molecule has 0 amide bonds. The Morgan fingerprint density at radius 3 is 2.69 bits per heavy atom. The number of H-pyrrole nitrogens is 1. The van der Waals surface area contributed by atoms with Gasteiger partial charge in [0.05, 0.1) is 24.4 Å². The smallest absolute Gasteiger partial charge is 0.339 e. The molecule has 0 aliphatic heterocycles. The predicted molar refractivity (Wildman–Crippen MR) is 135 cm³/mol. The van der Waals surface area contributed by atoms with Gasteiger partial charge in [-0.3, -0.25) is 0 Å². The van der Waals surface area contributed by atoms with Crippen molar-refractivity contribution < 1.29 is 9.53 Å². The number of nitrogens with one attached hydrogen (secondary N) is 1. The van der Waals surface area contributed by atoms with E-state index in [1.165, 1.54) is 0 Å². The van der Waals surface area contributed by atoms with Gasteiger partial charge in [0.1, 0.15) is 11.3 Å². The lowest BCUT2D eigenvalue weighted by Gasteiger charge is -2.11. The molecular weight excluding hydrogens is 456 g/mol. The molecule has 1 N–H and O–H groups in total. The summed E-state index contributed by atoms with van der Waals surface area (Å²) in [5, 5.41) is 14.3. The maximum atomic E-state index is 12.4. The Balaban J connectivity index is 1.48. The molecule has 0 aliphatic rings. The summed E-state index contributed by atoms with van der Waals surface area (Å²) in [6.45, 7) is 7.01. The van der Waals surface area contributed by atoms with E-state index in [1.807, 2.05) is 29.0 Å². The third kappa shape index (κ3) is 4.49. The van der Waals surface area contributed by atoms with E-state index < -0.39 is 5.97 Å². The van der Waals surface area contributed by atoms with Crippen LogP contribution in [0.5, 0.6) is 0 Å². The van der Waals surface area contributed by atoms with Crippen molar-refractivity contribution >= 4 is 17.1 Å². The number of imidazole rings is 1. The Hall–Kier alpha value is -4.34. The number of unbranched alkanes of at least 4 members (excludes halogenated alkanes) is 1. The molecule has 0 saturated heterocycles. The number of fused-ring (bicyclic) bond motifs is 1. The molecule has 0 saturated carbocycles. The summed E-state index contributed by atoms with van der Waals surface area (Å²) in [4.78, 5) is 21.9. The van der Waals surface area contributed by atoms with Crippen LogP contribution in [0, 0.1) is 6.92 Å². The third-order valence-corrected chi connectivity index (χ3v) is 6.13. The van der Waals surface area contributed by atoms with Crippen LogP contribution in [0.1, 0.15) is 54.0 Å². The van der Waals surface area contributed by atoms with E-state index in [-0.39, 0.29) is 0 Å². The lowest BCUT2D eigenvalue weighted by Crippen LogP contribution is -2.06. The van der Waals surface area contributed by atoms with Crippen LogP contribution in [0.4, 0.5) is 0 Å². The van der Waals surface area contributed by atoms with E-state index in [2.05, 4.69) is 56.2 Å². The average Bonchev–Trinajstić information content (AvgIpc) is 3.63. The molecule has 10 nitrogen and oxygen atoms in total. The molecule has 0 fully saturated rings. The van der Waals surface area contributed by atoms with Crippen LogP contribution in [0.25, 0.3) is 28.4 Å². The van der Waals surface area contributed by atoms with Gasteiger partial charge in [0.25, 0.3) is 0 Å². The number of tetrazole rings is 1. The Morgan fingerprint density at radius 2 is 1.97 bits per heavy atom. The number of carbonyl (C=O) groups excluding carboxylic acids is 1. The van der Waals surface area contributed by atoms with Gasteiger partial charge in [0.2, 0.25) is 5.82 Å². The molecule has 4 aromatic heterocycles. The van der Waals surface area contributed by atoms with Gasteiger partial charge >= 0.3 is 5.97 Å². The standard InChI is InChI=1S/C26H28N8O2/c1-4-6-7-22-28-23-17(3)12-13-27-25(23)34(22)15-18-8-10-20(11-9-18)33-16-19(26(35)36-5-2)14-21(33)24-29-31-32-30-24/h8-14,16H,4-7,15H2,1-3H3,(H,29,30,31,32). The summed E-state index contributed by atoms with van der Waals surface area (Å²) in [6.07, 6.45) is 6.68. The first-order valence-corrected chi connectivity index (χ1v) is 12.1. The van der Waals surface area contributed by atoms with Crippen LogP contribution in [0.15, 0.2) is 48.8 Å². The number of rotatable bonds is 9.